The number of carbonyl (C=O) groups is 1. The number of nitriles is 1. The highest BCUT2D eigenvalue weighted by atomic mass is 79.9. The Balaban J connectivity index is 1.33. The molecule has 2 aromatic heterocycles. The summed E-state index contributed by atoms with van der Waals surface area (Å²) in [5, 5.41) is 18.7. The lowest BCUT2D eigenvalue weighted by molar-refractivity contribution is -0.138. The molecule has 0 saturated heterocycles. The van der Waals surface area contributed by atoms with Gasteiger partial charge in [0.15, 0.2) is 5.13 Å². The lowest BCUT2D eigenvalue weighted by atomic mass is 10.0. The second kappa shape index (κ2) is 10.9. The number of urea groups is 1. The van der Waals surface area contributed by atoms with Crippen LogP contribution < -0.4 is 10.6 Å². The van der Waals surface area contributed by atoms with Gasteiger partial charge in [-0.2, -0.15) is 23.5 Å². The first-order valence-corrected chi connectivity index (χ1v) is 12.2. The van der Waals surface area contributed by atoms with Crippen LogP contribution in [0.4, 0.5) is 28.8 Å². The fraction of sp³-hybridized carbons (Fsp3) is 0.167. The number of anilines is 2. The molecule has 0 aliphatic heterocycles. The van der Waals surface area contributed by atoms with Crippen LogP contribution in [0.3, 0.4) is 0 Å². The molecule has 0 aliphatic rings. The van der Waals surface area contributed by atoms with E-state index in [-0.39, 0.29) is 22.7 Å². The molecule has 0 spiro atoms. The minimum atomic E-state index is -4.58. The van der Waals surface area contributed by atoms with E-state index in [0.29, 0.717) is 10.6 Å². The number of amides is 2. The van der Waals surface area contributed by atoms with E-state index in [2.05, 4.69) is 36.6 Å². The number of rotatable bonds is 7. The van der Waals surface area contributed by atoms with E-state index in [4.69, 9.17) is 5.26 Å². The molecule has 4 aromatic rings. The summed E-state index contributed by atoms with van der Waals surface area (Å²) in [7, 11) is 0. The van der Waals surface area contributed by atoms with Crippen molar-refractivity contribution in [3.63, 3.8) is 0 Å². The lowest BCUT2D eigenvalue weighted by Crippen LogP contribution is -2.19. The minimum absolute atomic E-state index is 0.0291. The number of nitrogens with zero attached hydrogens (tertiary/aromatic N) is 4. The van der Waals surface area contributed by atoms with Gasteiger partial charge in [0.05, 0.1) is 27.9 Å². The van der Waals surface area contributed by atoms with E-state index in [0.717, 1.165) is 40.4 Å². The second-order valence-corrected chi connectivity index (χ2v) is 9.77. The van der Waals surface area contributed by atoms with Crippen molar-refractivity contribution in [3.05, 3.63) is 92.7 Å². The summed E-state index contributed by atoms with van der Waals surface area (Å²) in [4.78, 5) is 17.0. The Bertz CT molecular complexity index is 1410. The summed E-state index contributed by atoms with van der Waals surface area (Å²) in [6.45, 7) is 0.720. The van der Waals surface area contributed by atoms with Gasteiger partial charge in [0.25, 0.3) is 0 Å². The SMILES string of the molecule is N#Cc1ccc(Cc2cnc(NC(=O)Nc3ccc(CCn4cc(Br)cn4)cc3)s2)c(C(F)(F)F)c1. The Morgan fingerprint density at radius 3 is 2.58 bits per heavy atom. The maximum Gasteiger partial charge on any atom is 0.416 e. The molecule has 12 heteroatoms. The molecule has 2 amide bonds. The monoisotopic (exact) mass is 574 g/mol. The topological polar surface area (TPSA) is 95.6 Å². The summed E-state index contributed by atoms with van der Waals surface area (Å²) in [5.41, 5.74) is 0.776. The van der Waals surface area contributed by atoms with Crippen LogP contribution in [0.15, 0.2) is 65.5 Å². The third-order valence-corrected chi connectivity index (χ3v) is 6.45. The third-order valence-electron chi connectivity index (χ3n) is 5.13. The van der Waals surface area contributed by atoms with E-state index < -0.39 is 17.8 Å². The maximum absolute atomic E-state index is 13.4. The summed E-state index contributed by atoms with van der Waals surface area (Å²) in [6.07, 6.45) is 1.20. The van der Waals surface area contributed by atoms with Gasteiger partial charge in [-0.3, -0.25) is 10.00 Å². The van der Waals surface area contributed by atoms with Gasteiger partial charge in [-0.25, -0.2) is 9.78 Å². The molecule has 0 aliphatic carbocycles. The molecule has 0 unspecified atom stereocenters. The predicted octanol–water partition coefficient (Wildman–Crippen LogP) is 6.47. The van der Waals surface area contributed by atoms with Gasteiger partial charge >= 0.3 is 12.2 Å². The molecule has 2 N–H and O–H groups in total. The Morgan fingerprint density at radius 2 is 1.92 bits per heavy atom. The normalized spacial score (nSPS) is 11.2. The average Bonchev–Trinajstić information content (AvgIpc) is 3.46. The standard InChI is InChI=1S/C24H18BrF3N6OS/c25-18-12-31-34(14-18)8-7-15-2-5-19(6-3-15)32-22(35)33-23-30-13-20(36-23)10-17-4-1-16(11-29)9-21(17)24(26,27)28/h1-6,9,12-14H,7-8,10H2,(H2,30,32,33,35). The minimum Gasteiger partial charge on any atom is -0.308 e. The molecular formula is C24H18BrF3N6OS. The molecule has 0 bridgehead atoms. The van der Waals surface area contributed by atoms with E-state index in [1.807, 2.05) is 23.0 Å². The first kappa shape index (κ1) is 25.4. The molecule has 0 fully saturated rings. The quantitative estimate of drug-likeness (QED) is 0.264. The number of halogens is 4. The maximum atomic E-state index is 13.4. The Hall–Kier alpha value is -3.69. The van der Waals surface area contributed by atoms with Gasteiger partial charge in [-0.1, -0.05) is 18.2 Å². The molecule has 0 radical (unpaired) electrons. The van der Waals surface area contributed by atoms with Crippen molar-refractivity contribution in [2.45, 2.75) is 25.6 Å². The zero-order chi connectivity index (χ0) is 25.7. The second-order valence-electron chi connectivity index (χ2n) is 7.74. The van der Waals surface area contributed by atoms with Crippen molar-refractivity contribution in [1.29, 1.82) is 5.26 Å². The summed E-state index contributed by atoms with van der Waals surface area (Å²) < 4.78 is 43.0. The molecule has 4 rings (SSSR count). The number of carbonyl (C=O) groups excluding carboxylic acids is 1. The molecule has 36 heavy (non-hydrogen) atoms. The van der Waals surface area contributed by atoms with E-state index in [1.54, 1.807) is 24.4 Å². The van der Waals surface area contributed by atoms with Gasteiger partial charge in [-0.05, 0) is 57.7 Å². The van der Waals surface area contributed by atoms with Crippen molar-refractivity contribution < 1.29 is 18.0 Å². The van der Waals surface area contributed by atoms with Crippen LogP contribution in [-0.4, -0.2) is 20.8 Å². The van der Waals surface area contributed by atoms with Gasteiger partial charge in [0.1, 0.15) is 0 Å². The molecule has 2 aromatic carbocycles. The zero-order valence-electron chi connectivity index (χ0n) is 18.5. The van der Waals surface area contributed by atoms with Crippen LogP contribution in [0.1, 0.15) is 27.1 Å². The van der Waals surface area contributed by atoms with Crippen LogP contribution in [0, 0.1) is 11.3 Å². The number of thiazole rings is 1. The smallest absolute Gasteiger partial charge is 0.308 e. The van der Waals surface area contributed by atoms with E-state index in [9.17, 15) is 18.0 Å². The molecule has 184 valence electrons. The Kier molecular flexibility index (Phi) is 7.71. The summed E-state index contributed by atoms with van der Waals surface area (Å²) >= 11 is 4.44. The van der Waals surface area contributed by atoms with Crippen LogP contribution in [0.5, 0.6) is 0 Å². The van der Waals surface area contributed by atoms with Crippen LogP contribution in [-0.2, 0) is 25.6 Å². The number of hydrogen-bond acceptors (Lipinski definition) is 5. The largest absolute Gasteiger partial charge is 0.416 e. The number of nitrogens with one attached hydrogen (secondary N) is 2. The number of benzene rings is 2. The van der Waals surface area contributed by atoms with Crippen molar-refractivity contribution in [2.75, 3.05) is 10.6 Å². The highest BCUT2D eigenvalue weighted by Crippen LogP contribution is 2.34. The van der Waals surface area contributed by atoms with Gasteiger partial charge < -0.3 is 5.32 Å². The summed E-state index contributed by atoms with van der Waals surface area (Å²) in [6, 6.07) is 12.1. The first-order chi connectivity index (χ1) is 17.2. The molecule has 2 heterocycles. The fourth-order valence-corrected chi connectivity index (χ4v) is 4.58. The molecule has 0 atom stereocenters. The Labute approximate surface area is 216 Å². The first-order valence-electron chi connectivity index (χ1n) is 10.6. The zero-order valence-corrected chi connectivity index (χ0v) is 20.9. The number of aromatic nitrogens is 3. The summed E-state index contributed by atoms with van der Waals surface area (Å²) in [5.74, 6) is 0. The van der Waals surface area contributed by atoms with E-state index >= 15 is 0 Å². The number of hydrogen-bond donors (Lipinski definition) is 2. The molecule has 7 nitrogen and oxygen atoms in total. The molecule has 0 saturated carbocycles. The van der Waals surface area contributed by atoms with Gasteiger partial charge in [0, 0.05) is 35.9 Å². The van der Waals surface area contributed by atoms with Crippen molar-refractivity contribution >= 4 is 44.1 Å². The van der Waals surface area contributed by atoms with Crippen molar-refractivity contribution in [2.24, 2.45) is 0 Å². The highest BCUT2D eigenvalue weighted by Gasteiger charge is 2.33. The Morgan fingerprint density at radius 1 is 1.14 bits per heavy atom. The lowest BCUT2D eigenvalue weighted by Gasteiger charge is -2.12. The average molecular weight is 575 g/mol. The number of alkyl halides is 3. The van der Waals surface area contributed by atoms with Crippen molar-refractivity contribution in [3.8, 4) is 6.07 Å². The van der Waals surface area contributed by atoms with Crippen LogP contribution in [0.25, 0.3) is 0 Å². The third kappa shape index (κ3) is 6.71. The molecular weight excluding hydrogens is 557 g/mol. The highest BCUT2D eigenvalue weighted by molar-refractivity contribution is 9.10. The van der Waals surface area contributed by atoms with Crippen molar-refractivity contribution in [1.82, 2.24) is 14.8 Å². The van der Waals surface area contributed by atoms with Crippen LogP contribution >= 0.6 is 27.3 Å². The van der Waals surface area contributed by atoms with Gasteiger partial charge in [0.2, 0.25) is 0 Å². The van der Waals surface area contributed by atoms with E-state index in [1.165, 1.54) is 18.3 Å². The predicted molar refractivity (Wildman–Crippen MR) is 134 cm³/mol. The van der Waals surface area contributed by atoms with Gasteiger partial charge in [-0.15, -0.1) is 11.3 Å². The fourth-order valence-electron chi connectivity index (χ4n) is 3.42. The van der Waals surface area contributed by atoms with Crippen LogP contribution in [0.2, 0.25) is 0 Å². The number of aryl methyl sites for hydroxylation is 2.